The summed E-state index contributed by atoms with van der Waals surface area (Å²) in [6.45, 7) is 5.92. The first kappa shape index (κ1) is 22.7. The van der Waals surface area contributed by atoms with Gasteiger partial charge in [0.25, 0.3) is 0 Å². The van der Waals surface area contributed by atoms with Gasteiger partial charge in [-0.3, -0.25) is 4.79 Å². The standard InChI is InChI=1S/C20H27ClN4O4S/c1-14-17(15(2)29-23-14)13-24(3)11-8-20(26)22-19-12-16(6-7-18(19)21)30(27,28)25-9-4-5-10-25/h6-7,12H,4-5,8-11,13H2,1-3H3,(H,22,26). The maximum atomic E-state index is 12.8. The molecule has 1 aliphatic rings. The molecule has 3 rings (SSSR count). The number of sulfonamides is 1. The van der Waals surface area contributed by atoms with Crippen molar-refractivity contribution in [2.75, 3.05) is 32.0 Å². The van der Waals surface area contributed by atoms with Crippen molar-refractivity contribution in [3.8, 4) is 0 Å². The maximum Gasteiger partial charge on any atom is 0.243 e. The molecule has 2 aromatic rings. The van der Waals surface area contributed by atoms with Crippen LogP contribution < -0.4 is 5.32 Å². The van der Waals surface area contributed by atoms with Crippen molar-refractivity contribution >= 4 is 33.2 Å². The minimum Gasteiger partial charge on any atom is -0.361 e. The topological polar surface area (TPSA) is 95.7 Å². The van der Waals surface area contributed by atoms with Crippen LogP contribution in [0, 0.1) is 13.8 Å². The average molecular weight is 455 g/mol. The van der Waals surface area contributed by atoms with Gasteiger partial charge >= 0.3 is 0 Å². The Morgan fingerprint density at radius 2 is 2.00 bits per heavy atom. The van der Waals surface area contributed by atoms with Gasteiger partial charge < -0.3 is 14.7 Å². The lowest BCUT2D eigenvalue weighted by atomic mass is 10.2. The zero-order valence-electron chi connectivity index (χ0n) is 17.4. The van der Waals surface area contributed by atoms with Crippen molar-refractivity contribution in [2.45, 2.75) is 44.6 Å². The molecule has 1 amide bonds. The second kappa shape index (κ2) is 9.47. The summed E-state index contributed by atoms with van der Waals surface area (Å²) < 4.78 is 32.1. The van der Waals surface area contributed by atoms with Gasteiger partial charge in [-0.05, 0) is 51.9 Å². The predicted octanol–water partition coefficient (Wildman–Crippen LogP) is 3.19. The van der Waals surface area contributed by atoms with Gasteiger partial charge in [0, 0.05) is 38.2 Å². The van der Waals surface area contributed by atoms with Gasteiger partial charge in [-0.2, -0.15) is 4.31 Å². The Labute approximate surface area is 182 Å². The Kier molecular flexibility index (Phi) is 7.18. The number of benzene rings is 1. The monoisotopic (exact) mass is 454 g/mol. The van der Waals surface area contributed by atoms with E-state index in [0.29, 0.717) is 36.9 Å². The van der Waals surface area contributed by atoms with E-state index < -0.39 is 10.0 Å². The van der Waals surface area contributed by atoms with Crippen molar-refractivity contribution in [1.29, 1.82) is 0 Å². The zero-order valence-corrected chi connectivity index (χ0v) is 19.0. The summed E-state index contributed by atoms with van der Waals surface area (Å²) in [6, 6.07) is 4.41. The third-order valence-electron chi connectivity index (χ3n) is 5.24. The van der Waals surface area contributed by atoms with Gasteiger partial charge in [-0.1, -0.05) is 16.8 Å². The molecule has 0 atom stereocenters. The number of carbonyl (C=O) groups excluding carboxylic acids is 1. The van der Waals surface area contributed by atoms with Crippen molar-refractivity contribution in [3.05, 3.63) is 40.2 Å². The summed E-state index contributed by atoms with van der Waals surface area (Å²) in [5.74, 6) is 0.532. The quantitative estimate of drug-likeness (QED) is 0.658. The fourth-order valence-electron chi connectivity index (χ4n) is 3.42. The molecule has 0 unspecified atom stereocenters. The van der Waals surface area contributed by atoms with Crippen LogP contribution in [-0.4, -0.2) is 55.4 Å². The number of aryl methyl sites for hydroxylation is 2. The van der Waals surface area contributed by atoms with Crippen LogP contribution in [0.4, 0.5) is 5.69 Å². The molecule has 30 heavy (non-hydrogen) atoms. The fourth-order valence-corrected chi connectivity index (χ4v) is 5.13. The van der Waals surface area contributed by atoms with Crippen LogP contribution in [0.5, 0.6) is 0 Å². The van der Waals surface area contributed by atoms with E-state index in [1.54, 1.807) is 0 Å². The number of anilines is 1. The lowest BCUT2D eigenvalue weighted by Gasteiger charge is -2.18. The van der Waals surface area contributed by atoms with Gasteiger partial charge in [0.1, 0.15) is 5.76 Å². The molecule has 1 saturated heterocycles. The molecule has 0 aliphatic carbocycles. The molecule has 10 heteroatoms. The number of aromatic nitrogens is 1. The molecule has 0 saturated carbocycles. The third-order valence-corrected chi connectivity index (χ3v) is 7.47. The minimum absolute atomic E-state index is 0.139. The second-order valence-electron chi connectivity index (χ2n) is 7.59. The zero-order chi connectivity index (χ0) is 21.9. The van der Waals surface area contributed by atoms with Gasteiger partial charge in [0.2, 0.25) is 15.9 Å². The van der Waals surface area contributed by atoms with Crippen LogP contribution in [0.25, 0.3) is 0 Å². The van der Waals surface area contributed by atoms with Gasteiger partial charge in [-0.25, -0.2) is 8.42 Å². The highest BCUT2D eigenvalue weighted by molar-refractivity contribution is 7.89. The summed E-state index contributed by atoms with van der Waals surface area (Å²) in [7, 11) is -1.66. The minimum atomic E-state index is -3.58. The van der Waals surface area contributed by atoms with E-state index in [1.165, 1.54) is 22.5 Å². The van der Waals surface area contributed by atoms with Crippen molar-refractivity contribution < 1.29 is 17.7 Å². The van der Waals surface area contributed by atoms with E-state index in [1.807, 2.05) is 25.8 Å². The van der Waals surface area contributed by atoms with Gasteiger partial charge in [0.05, 0.1) is 21.3 Å². The van der Waals surface area contributed by atoms with E-state index in [-0.39, 0.29) is 17.2 Å². The summed E-state index contributed by atoms with van der Waals surface area (Å²) in [5.41, 5.74) is 2.16. The summed E-state index contributed by atoms with van der Waals surface area (Å²) in [4.78, 5) is 14.6. The first-order valence-electron chi connectivity index (χ1n) is 9.88. The molecule has 0 radical (unpaired) electrons. The largest absolute Gasteiger partial charge is 0.361 e. The second-order valence-corrected chi connectivity index (χ2v) is 9.94. The Balaban J connectivity index is 1.61. The van der Waals surface area contributed by atoms with Crippen LogP contribution in [-0.2, 0) is 21.4 Å². The Hall–Kier alpha value is -1.94. The van der Waals surface area contributed by atoms with E-state index in [0.717, 1.165) is 29.9 Å². The first-order valence-corrected chi connectivity index (χ1v) is 11.7. The smallest absolute Gasteiger partial charge is 0.243 e. The Morgan fingerprint density at radius 3 is 2.63 bits per heavy atom. The number of rotatable bonds is 8. The number of nitrogens with zero attached hydrogens (tertiary/aromatic N) is 3. The highest BCUT2D eigenvalue weighted by Crippen LogP contribution is 2.28. The van der Waals surface area contributed by atoms with Crippen molar-refractivity contribution in [1.82, 2.24) is 14.4 Å². The van der Waals surface area contributed by atoms with Crippen LogP contribution >= 0.6 is 11.6 Å². The van der Waals surface area contributed by atoms with E-state index >= 15 is 0 Å². The van der Waals surface area contributed by atoms with E-state index in [4.69, 9.17) is 16.1 Å². The SMILES string of the molecule is Cc1noc(C)c1CN(C)CCC(=O)Nc1cc(S(=O)(=O)N2CCCC2)ccc1Cl. The Morgan fingerprint density at radius 1 is 1.30 bits per heavy atom. The van der Waals surface area contributed by atoms with E-state index in [9.17, 15) is 13.2 Å². The molecule has 0 spiro atoms. The summed E-state index contributed by atoms with van der Waals surface area (Å²) >= 11 is 6.19. The summed E-state index contributed by atoms with van der Waals surface area (Å²) in [6.07, 6.45) is 1.95. The molecule has 1 aromatic carbocycles. The number of hydrogen-bond acceptors (Lipinski definition) is 6. The number of nitrogens with one attached hydrogen (secondary N) is 1. The predicted molar refractivity (Wildman–Crippen MR) is 115 cm³/mol. The number of hydrogen-bond donors (Lipinski definition) is 1. The molecule has 1 fully saturated rings. The van der Waals surface area contributed by atoms with Crippen molar-refractivity contribution in [2.24, 2.45) is 0 Å². The highest BCUT2D eigenvalue weighted by atomic mass is 35.5. The fraction of sp³-hybridized carbons (Fsp3) is 0.500. The Bertz CT molecular complexity index is 996. The average Bonchev–Trinajstić information content (AvgIpc) is 3.35. The lowest BCUT2D eigenvalue weighted by Crippen LogP contribution is -2.28. The first-order chi connectivity index (χ1) is 14.2. The van der Waals surface area contributed by atoms with Crippen LogP contribution in [0.15, 0.2) is 27.6 Å². The molecular formula is C20H27ClN4O4S. The van der Waals surface area contributed by atoms with Crippen LogP contribution in [0.1, 0.15) is 36.3 Å². The highest BCUT2D eigenvalue weighted by Gasteiger charge is 2.27. The third kappa shape index (κ3) is 5.21. The van der Waals surface area contributed by atoms with Crippen molar-refractivity contribution in [3.63, 3.8) is 0 Å². The molecule has 0 bridgehead atoms. The lowest BCUT2D eigenvalue weighted by molar-refractivity contribution is -0.116. The number of carbonyl (C=O) groups is 1. The molecule has 2 heterocycles. The molecule has 1 aromatic heterocycles. The molecule has 8 nitrogen and oxygen atoms in total. The van der Waals surface area contributed by atoms with Crippen LogP contribution in [0.2, 0.25) is 5.02 Å². The van der Waals surface area contributed by atoms with Crippen LogP contribution in [0.3, 0.4) is 0 Å². The molecular weight excluding hydrogens is 428 g/mol. The number of amides is 1. The normalized spacial score (nSPS) is 15.1. The van der Waals surface area contributed by atoms with E-state index in [2.05, 4.69) is 10.5 Å². The number of halogens is 1. The molecule has 1 N–H and O–H groups in total. The maximum absolute atomic E-state index is 12.8. The molecule has 164 valence electrons. The van der Waals surface area contributed by atoms with Gasteiger partial charge in [0.15, 0.2) is 0 Å². The molecule has 1 aliphatic heterocycles. The van der Waals surface area contributed by atoms with Gasteiger partial charge in [-0.15, -0.1) is 0 Å². The summed E-state index contributed by atoms with van der Waals surface area (Å²) in [5, 5.41) is 6.98.